The first-order chi connectivity index (χ1) is 9.58. The van der Waals surface area contributed by atoms with Gasteiger partial charge in [0.15, 0.2) is 0 Å². The van der Waals surface area contributed by atoms with Crippen LogP contribution in [0.5, 0.6) is 0 Å². The van der Waals surface area contributed by atoms with Crippen molar-refractivity contribution in [1.82, 2.24) is 9.78 Å². The van der Waals surface area contributed by atoms with Crippen LogP contribution in [-0.4, -0.2) is 15.8 Å². The molecule has 0 aliphatic heterocycles. The number of benzene rings is 1. The van der Waals surface area contributed by atoms with Gasteiger partial charge in [-0.2, -0.15) is 5.10 Å². The van der Waals surface area contributed by atoms with Crippen molar-refractivity contribution < 1.29 is 0 Å². The number of aromatic nitrogens is 2. The monoisotopic (exact) mass is 291 g/mol. The topological polar surface area (TPSA) is 43.8 Å². The highest BCUT2D eigenvalue weighted by atomic mass is 35.5. The maximum atomic E-state index is 6.35. The Morgan fingerprint density at radius 2 is 1.95 bits per heavy atom. The highest BCUT2D eigenvalue weighted by Crippen LogP contribution is 2.29. The largest absolute Gasteiger partial charge is 0.326 e. The van der Waals surface area contributed by atoms with Gasteiger partial charge in [0, 0.05) is 16.8 Å². The van der Waals surface area contributed by atoms with E-state index in [4.69, 9.17) is 22.4 Å². The lowest BCUT2D eigenvalue weighted by Crippen LogP contribution is -2.32. The SMILES string of the molecule is CCc1cc(CC)n(C(c2ccccc2Cl)C(C)N)n1. The molecule has 0 fully saturated rings. The minimum atomic E-state index is -0.0650. The van der Waals surface area contributed by atoms with E-state index >= 15 is 0 Å². The molecule has 1 heterocycles. The van der Waals surface area contributed by atoms with Crippen molar-refractivity contribution in [3.8, 4) is 0 Å². The van der Waals surface area contributed by atoms with Gasteiger partial charge in [-0.3, -0.25) is 4.68 Å². The van der Waals surface area contributed by atoms with Crippen LogP contribution in [-0.2, 0) is 12.8 Å². The van der Waals surface area contributed by atoms with E-state index in [1.54, 1.807) is 0 Å². The molecule has 0 amide bonds. The zero-order chi connectivity index (χ0) is 14.7. The van der Waals surface area contributed by atoms with E-state index in [2.05, 4.69) is 19.9 Å². The zero-order valence-corrected chi connectivity index (χ0v) is 13.1. The molecule has 2 atom stereocenters. The average molecular weight is 292 g/mol. The summed E-state index contributed by atoms with van der Waals surface area (Å²) in [5.41, 5.74) is 9.55. The van der Waals surface area contributed by atoms with E-state index in [0.717, 1.165) is 29.1 Å². The lowest BCUT2D eigenvalue weighted by Gasteiger charge is -2.24. The molecule has 4 heteroatoms. The van der Waals surface area contributed by atoms with Gasteiger partial charge in [-0.05, 0) is 37.5 Å². The van der Waals surface area contributed by atoms with Crippen LogP contribution in [0.4, 0.5) is 0 Å². The Bertz CT molecular complexity index is 575. The van der Waals surface area contributed by atoms with Crippen LogP contribution in [0.25, 0.3) is 0 Å². The number of aryl methyl sites for hydroxylation is 2. The van der Waals surface area contributed by atoms with Gasteiger partial charge in [0.1, 0.15) is 0 Å². The molecule has 20 heavy (non-hydrogen) atoms. The third-order valence-electron chi connectivity index (χ3n) is 3.57. The van der Waals surface area contributed by atoms with Crippen molar-refractivity contribution in [3.63, 3.8) is 0 Å². The Hall–Kier alpha value is -1.32. The number of hydrogen-bond acceptors (Lipinski definition) is 2. The van der Waals surface area contributed by atoms with E-state index in [-0.39, 0.29) is 12.1 Å². The summed E-state index contributed by atoms with van der Waals surface area (Å²) < 4.78 is 2.05. The van der Waals surface area contributed by atoms with E-state index in [1.165, 1.54) is 5.69 Å². The van der Waals surface area contributed by atoms with Crippen molar-refractivity contribution in [2.75, 3.05) is 0 Å². The lowest BCUT2D eigenvalue weighted by atomic mass is 10.0. The summed E-state index contributed by atoms with van der Waals surface area (Å²) in [7, 11) is 0. The molecule has 108 valence electrons. The van der Waals surface area contributed by atoms with Crippen LogP contribution in [0.1, 0.15) is 43.8 Å². The number of halogens is 1. The van der Waals surface area contributed by atoms with Crippen LogP contribution in [0, 0.1) is 0 Å². The van der Waals surface area contributed by atoms with E-state index in [9.17, 15) is 0 Å². The smallest absolute Gasteiger partial charge is 0.0934 e. The minimum Gasteiger partial charge on any atom is -0.326 e. The normalized spacial score (nSPS) is 14.2. The fraction of sp³-hybridized carbons (Fsp3) is 0.438. The van der Waals surface area contributed by atoms with Crippen LogP contribution in [0.15, 0.2) is 30.3 Å². The summed E-state index contributed by atoms with van der Waals surface area (Å²) in [5.74, 6) is 0. The molecule has 2 unspecified atom stereocenters. The summed E-state index contributed by atoms with van der Waals surface area (Å²) in [6, 6.07) is 9.93. The predicted octanol–water partition coefficient (Wildman–Crippen LogP) is 3.60. The Morgan fingerprint density at radius 1 is 1.25 bits per heavy atom. The predicted molar refractivity (Wildman–Crippen MR) is 84.2 cm³/mol. The Labute approximate surface area is 125 Å². The molecule has 0 bridgehead atoms. The Kier molecular flexibility index (Phi) is 4.84. The quantitative estimate of drug-likeness (QED) is 0.915. The van der Waals surface area contributed by atoms with Crippen LogP contribution in [0.3, 0.4) is 0 Å². The van der Waals surface area contributed by atoms with Gasteiger partial charge in [-0.1, -0.05) is 43.6 Å². The van der Waals surface area contributed by atoms with Crippen molar-refractivity contribution in [2.45, 2.75) is 45.7 Å². The Balaban J connectivity index is 2.54. The summed E-state index contributed by atoms with van der Waals surface area (Å²) >= 11 is 6.35. The highest BCUT2D eigenvalue weighted by molar-refractivity contribution is 6.31. The third kappa shape index (κ3) is 2.89. The molecule has 3 nitrogen and oxygen atoms in total. The van der Waals surface area contributed by atoms with Crippen LogP contribution in [0.2, 0.25) is 5.02 Å². The fourth-order valence-electron chi connectivity index (χ4n) is 2.52. The van der Waals surface area contributed by atoms with Gasteiger partial charge in [-0.25, -0.2) is 0 Å². The standard InChI is InChI=1S/C16H22ClN3/c1-4-12-10-13(5-2)20(19-12)16(11(3)18)14-8-6-7-9-15(14)17/h6-11,16H,4-5,18H2,1-3H3. The van der Waals surface area contributed by atoms with Crippen molar-refractivity contribution >= 4 is 11.6 Å². The van der Waals surface area contributed by atoms with Gasteiger partial charge in [-0.15, -0.1) is 0 Å². The van der Waals surface area contributed by atoms with Gasteiger partial charge < -0.3 is 5.73 Å². The summed E-state index contributed by atoms with van der Waals surface area (Å²) in [5, 5.41) is 5.46. The molecule has 2 N–H and O–H groups in total. The number of hydrogen-bond donors (Lipinski definition) is 1. The molecule has 0 radical (unpaired) electrons. The summed E-state index contributed by atoms with van der Waals surface area (Å²) in [4.78, 5) is 0. The van der Waals surface area contributed by atoms with Gasteiger partial charge in [0.2, 0.25) is 0 Å². The van der Waals surface area contributed by atoms with Gasteiger partial charge in [0.05, 0.1) is 11.7 Å². The van der Waals surface area contributed by atoms with E-state index in [1.807, 2.05) is 35.9 Å². The average Bonchev–Trinajstić information content (AvgIpc) is 2.84. The lowest BCUT2D eigenvalue weighted by molar-refractivity contribution is 0.438. The van der Waals surface area contributed by atoms with Crippen LogP contribution < -0.4 is 5.73 Å². The van der Waals surface area contributed by atoms with Crippen molar-refractivity contribution in [3.05, 3.63) is 52.3 Å². The van der Waals surface area contributed by atoms with Crippen molar-refractivity contribution in [1.29, 1.82) is 0 Å². The molecule has 0 saturated heterocycles. The highest BCUT2D eigenvalue weighted by Gasteiger charge is 2.23. The summed E-state index contributed by atoms with van der Waals surface area (Å²) in [6.45, 7) is 6.25. The molecular weight excluding hydrogens is 270 g/mol. The minimum absolute atomic E-state index is 0.0288. The second-order valence-corrected chi connectivity index (χ2v) is 5.51. The molecule has 1 aromatic heterocycles. The molecule has 0 aliphatic carbocycles. The number of rotatable bonds is 5. The molecule has 0 aliphatic rings. The molecule has 0 saturated carbocycles. The van der Waals surface area contributed by atoms with Gasteiger partial charge >= 0.3 is 0 Å². The zero-order valence-electron chi connectivity index (χ0n) is 12.3. The number of nitrogens with two attached hydrogens (primary N) is 1. The first-order valence-corrected chi connectivity index (χ1v) is 7.53. The first-order valence-electron chi connectivity index (χ1n) is 7.15. The second-order valence-electron chi connectivity index (χ2n) is 5.10. The fourth-order valence-corrected chi connectivity index (χ4v) is 2.77. The second kappa shape index (κ2) is 6.42. The molecule has 2 aromatic rings. The molecule has 2 rings (SSSR count). The number of nitrogens with zero attached hydrogens (tertiary/aromatic N) is 2. The van der Waals surface area contributed by atoms with Crippen LogP contribution >= 0.6 is 11.6 Å². The third-order valence-corrected chi connectivity index (χ3v) is 3.92. The molecule has 0 spiro atoms. The Morgan fingerprint density at radius 3 is 2.50 bits per heavy atom. The molecular formula is C16H22ClN3. The van der Waals surface area contributed by atoms with Crippen molar-refractivity contribution in [2.24, 2.45) is 5.73 Å². The van der Waals surface area contributed by atoms with Gasteiger partial charge in [0.25, 0.3) is 0 Å². The maximum absolute atomic E-state index is 6.35. The molecule has 1 aromatic carbocycles. The first kappa shape index (κ1) is 15.1. The maximum Gasteiger partial charge on any atom is 0.0934 e. The van der Waals surface area contributed by atoms with E-state index in [0.29, 0.717) is 0 Å². The van der Waals surface area contributed by atoms with E-state index < -0.39 is 0 Å². The summed E-state index contributed by atoms with van der Waals surface area (Å²) in [6.07, 6.45) is 1.86.